The van der Waals surface area contributed by atoms with Gasteiger partial charge in [-0.3, -0.25) is 38.8 Å². The van der Waals surface area contributed by atoms with Crippen LogP contribution in [0.25, 0.3) is 0 Å². The molecule has 0 aromatic heterocycles. The largest absolute Gasteiger partial charge is 0.370 e. The van der Waals surface area contributed by atoms with Gasteiger partial charge in [-0.1, -0.05) is 12.8 Å². The molecule has 0 saturated carbocycles. The highest BCUT2D eigenvalue weighted by Gasteiger charge is 2.25. The second kappa shape index (κ2) is 29.1. The van der Waals surface area contributed by atoms with Crippen molar-refractivity contribution in [2.45, 2.75) is 121 Å². The molecular formula is C32H63N13O6. The molecule has 0 rings (SSSR count). The van der Waals surface area contributed by atoms with Gasteiger partial charge < -0.3 is 61.0 Å². The number of guanidine groups is 2. The number of aliphatic imine (C=N–C) groups is 2. The third-order valence-electron chi connectivity index (χ3n) is 7.64. The third kappa shape index (κ3) is 26.8. The van der Waals surface area contributed by atoms with E-state index in [1.54, 1.807) is 0 Å². The molecule has 0 saturated heterocycles. The van der Waals surface area contributed by atoms with Gasteiger partial charge in [-0.25, -0.2) is 0 Å². The lowest BCUT2D eigenvalue weighted by Crippen LogP contribution is -2.53. The van der Waals surface area contributed by atoms with Crippen LogP contribution in [0.1, 0.15) is 103 Å². The van der Waals surface area contributed by atoms with E-state index < -0.39 is 29.9 Å². The van der Waals surface area contributed by atoms with Crippen molar-refractivity contribution < 1.29 is 28.8 Å². The smallest absolute Gasteiger partial charge is 0.243 e. The maximum atomic E-state index is 13.1. The van der Waals surface area contributed by atoms with Crippen LogP contribution in [0.5, 0.6) is 0 Å². The van der Waals surface area contributed by atoms with E-state index in [0.717, 1.165) is 19.3 Å². The van der Waals surface area contributed by atoms with Gasteiger partial charge in [-0.05, 0) is 77.2 Å². The molecule has 0 bridgehead atoms. The quantitative estimate of drug-likeness (QED) is 0.0209. The van der Waals surface area contributed by atoms with Gasteiger partial charge in [0.1, 0.15) is 18.1 Å². The van der Waals surface area contributed by atoms with Gasteiger partial charge in [0, 0.05) is 45.9 Å². The number of amides is 6. The summed E-state index contributed by atoms with van der Waals surface area (Å²) < 4.78 is 0. The molecule has 0 heterocycles. The van der Waals surface area contributed by atoms with Crippen molar-refractivity contribution in [3.05, 3.63) is 0 Å². The zero-order valence-electron chi connectivity index (χ0n) is 30.2. The maximum absolute atomic E-state index is 13.1. The molecule has 19 nitrogen and oxygen atoms in total. The summed E-state index contributed by atoms with van der Waals surface area (Å²) in [5.41, 5.74) is 32.5. The topological polar surface area (TPSA) is 343 Å². The van der Waals surface area contributed by atoms with Crippen LogP contribution in [-0.4, -0.2) is 98.2 Å². The summed E-state index contributed by atoms with van der Waals surface area (Å²) in [4.78, 5) is 81.9. The molecule has 0 spiro atoms. The minimum Gasteiger partial charge on any atom is -0.370 e. The first-order chi connectivity index (χ1) is 24.3. The minimum atomic E-state index is -0.986. The molecule has 17 N–H and O–H groups in total. The van der Waals surface area contributed by atoms with E-state index in [9.17, 15) is 28.8 Å². The Morgan fingerprint density at radius 2 is 1.00 bits per heavy atom. The SMILES string of the molecule is CC(=O)NCCCCCC(=O)N[C@H](CCCCN)C(=O)NCCCCCC(=O)N[C@H](CCCN=C(N)N)C(=O)N[C@H](CCCN=C(N)N)C(N)=O. The monoisotopic (exact) mass is 726 g/mol. The van der Waals surface area contributed by atoms with Gasteiger partial charge in [0.25, 0.3) is 0 Å². The second-order valence-corrected chi connectivity index (χ2v) is 12.3. The predicted molar refractivity (Wildman–Crippen MR) is 196 cm³/mol. The van der Waals surface area contributed by atoms with Crippen LogP contribution in [0, 0.1) is 0 Å². The molecule has 19 heteroatoms. The van der Waals surface area contributed by atoms with Gasteiger partial charge in [0.2, 0.25) is 35.4 Å². The lowest BCUT2D eigenvalue weighted by atomic mass is 10.1. The van der Waals surface area contributed by atoms with Crippen molar-refractivity contribution in [3.63, 3.8) is 0 Å². The first kappa shape index (κ1) is 46.3. The number of carbonyl (C=O) groups is 6. The minimum absolute atomic E-state index is 0.0879. The van der Waals surface area contributed by atoms with E-state index in [2.05, 4.69) is 36.6 Å². The Morgan fingerprint density at radius 3 is 1.47 bits per heavy atom. The molecule has 0 unspecified atom stereocenters. The van der Waals surface area contributed by atoms with Crippen LogP contribution in [0.3, 0.4) is 0 Å². The zero-order valence-corrected chi connectivity index (χ0v) is 30.2. The molecule has 0 aliphatic carbocycles. The molecule has 0 aromatic carbocycles. The van der Waals surface area contributed by atoms with Gasteiger partial charge >= 0.3 is 0 Å². The molecule has 0 aromatic rings. The van der Waals surface area contributed by atoms with Crippen molar-refractivity contribution in [2.75, 3.05) is 32.7 Å². The fourth-order valence-electron chi connectivity index (χ4n) is 4.90. The van der Waals surface area contributed by atoms with E-state index in [1.165, 1.54) is 6.92 Å². The van der Waals surface area contributed by atoms with Crippen molar-refractivity contribution in [3.8, 4) is 0 Å². The molecule has 0 fully saturated rings. The Hall–Kier alpha value is -4.68. The summed E-state index contributed by atoms with van der Waals surface area (Å²) in [6.45, 7) is 3.36. The summed E-state index contributed by atoms with van der Waals surface area (Å²) >= 11 is 0. The number of hydrogen-bond acceptors (Lipinski definition) is 9. The normalized spacial score (nSPS) is 12.4. The Kier molecular flexibility index (Phi) is 26.4. The Bertz CT molecular complexity index is 1130. The summed E-state index contributed by atoms with van der Waals surface area (Å²) in [6.07, 6.45) is 7.41. The Morgan fingerprint density at radius 1 is 0.529 bits per heavy atom. The van der Waals surface area contributed by atoms with Gasteiger partial charge in [0.15, 0.2) is 11.9 Å². The number of primary amides is 1. The number of nitrogens with one attached hydrogen (secondary N) is 5. The number of hydrogen-bond donors (Lipinski definition) is 11. The fraction of sp³-hybridized carbons (Fsp3) is 0.750. The van der Waals surface area contributed by atoms with E-state index in [4.69, 9.17) is 34.4 Å². The molecule has 51 heavy (non-hydrogen) atoms. The zero-order chi connectivity index (χ0) is 38.4. The van der Waals surface area contributed by atoms with Crippen LogP contribution in [0.2, 0.25) is 0 Å². The van der Waals surface area contributed by atoms with Crippen molar-refractivity contribution in [1.82, 2.24) is 26.6 Å². The number of nitrogens with zero attached hydrogens (tertiary/aromatic N) is 2. The summed E-state index contributed by atoms with van der Waals surface area (Å²) in [6, 6.07) is -2.61. The van der Waals surface area contributed by atoms with Crippen LogP contribution in [-0.2, 0) is 28.8 Å². The number of unbranched alkanes of at least 4 members (excludes halogenated alkanes) is 5. The van der Waals surface area contributed by atoms with Crippen LogP contribution >= 0.6 is 0 Å². The van der Waals surface area contributed by atoms with E-state index in [0.29, 0.717) is 71.0 Å². The van der Waals surface area contributed by atoms with Crippen molar-refractivity contribution in [1.29, 1.82) is 0 Å². The fourth-order valence-corrected chi connectivity index (χ4v) is 4.90. The molecular weight excluding hydrogens is 662 g/mol. The molecule has 292 valence electrons. The average Bonchev–Trinajstić information content (AvgIpc) is 3.05. The third-order valence-corrected chi connectivity index (χ3v) is 7.64. The summed E-state index contributed by atoms with van der Waals surface area (Å²) in [5.74, 6) is -2.42. The number of carbonyl (C=O) groups excluding carboxylic acids is 6. The van der Waals surface area contributed by atoms with E-state index in [-0.39, 0.29) is 74.3 Å². The standard InChI is InChI=1S/C32H63N13O6/c1-22(46)39-18-8-2-4-15-26(47)43-24(12-6-7-17-33)29(50)40-19-9-3-5-16-27(48)44-25(14-11-21-42-32(37)38)30(51)45-23(28(34)49)13-10-20-41-31(35)36/h23-25H,2-21,33H2,1H3,(H2,34,49)(H,39,46)(H,40,50)(H,43,47)(H,44,48)(H,45,51)(H4,35,36,41)(H4,37,38,42)/t23-,24-,25-/m1/s1. The Labute approximate surface area is 301 Å². The molecule has 0 radical (unpaired) electrons. The highest BCUT2D eigenvalue weighted by Crippen LogP contribution is 2.07. The van der Waals surface area contributed by atoms with E-state index in [1.807, 2.05) is 0 Å². The van der Waals surface area contributed by atoms with Gasteiger partial charge in [-0.2, -0.15) is 0 Å². The van der Waals surface area contributed by atoms with Crippen molar-refractivity contribution >= 4 is 47.4 Å². The molecule has 3 atom stereocenters. The highest BCUT2D eigenvalue weighted by molar-refractivity contribution is 5.91. The number of rotatable bonds is 30. The van der Waals surface area contributed by atoms with E-state index >= 15 is 0 Å². The lowest BCUT2D eigenvalue weighted by Gasteiger charge is -2.22. The highest BCUT2D eigenvalue weighted by atomic mass is 16.2. The molecule has 0 aliphatic heterocycles. The second-order valence-electron chi connectivity index (χ2n) is 12.3. The maximum Gasteiger partial charge on any atom is 0.243 e. The van der Waals surface area contributed by atoms with Crippen LogP contribution in [0.4, 0.5) is 0 Å². The van der Waals surface area contributed by atoms with Crippen LogP contribution < -0.4 is 61.0 Å². The van der Waals surface area contributed by atoms with Gasteiger partial charge in [0.05, 0.1) is 0 Å². The van der Waals surface area contributed by atoms with Gasteiger partial charge in [-0.15, -0.1) is 0 Å². The average molecular weight is 726 g/mol. The lowest BCUT2D eigenvalue weighted by molar-refractivity contribution is -0.131. The first-order valence-corrected chi connectivity index (χ1v) is 17.8. The summed E-state index contributed by atoms with van der Waals surface area (Å²) in [5, 5.41) is 13.7. The number of nitrogens with two attached hydrogens (primary N) is 6. The Balaban J connectivity index is 4.85. The summed E-state index contributed by atoms with van der Waals surface area (Å²) in [7, 11) is 0. The molecule has 6 amide bonds. The predicted octanol–water partition coefficient (Wildman–Crippen LogP) is -2.46. The van der Waals surface area contributed by atoms with Crippen LogP contribution in [0.15, 0.2) is 9.98 Å². The van der Waals surface area contributed by atoms with Crippen molar-refractivity contribution in [2.24, 2.45) is 44.4 Å². The first-order valence-electron chi connectivity index (χ1n) is 17.8. The molecule has 0 aliphatic rings.